The molecule has 2 aliphatic carbocycles. The first kappa shape index (κ1) is 15.9. The van der Waals surface area contributed by atoms with Gasteiger partial charge in [-0.05, 0) is 32.6 Å². The van der Waals surface area contributed by atoms with E-state index in [4.69, 9.17) is 4.42 Å². The van der Waals surface area contributed by atoms with E-state index in [9.17, 15) is 0 Å². The summed E-state index contributed by atoms with van der Waals surface area (Å²) in [5.41, 5.74) is 3.99. The maximum atomic E-state index is 6.64. The summed E-state index contributed by atoms with van der Waals surface area (Å²) in [4.78, 5) is 0. The van der Waals surface area contributed by atoms with E-state index in [-0.39, 0.29) is 0 Å². The summed E-state index contributed by atoms with van der Waals surface area (Å²) in [6.07, 6.45) is 11.9. The van der Waals surface area contributed by atoms with E-state index in [0.717, 1.165) is 0 Å². The van der Waals surface area contributed by atoms with E-state index in [2.05, 4.69) is 42.7 Å². The molecule has 0 aliphatic heterocycles. The van der Waals surface area contributed by atoms with Crippen molar-refractivity contribution in [2.45, 2.75) is 83.5 Å². The summed E-state index contributed by atoms with van der Waals surface area (Å²) in [7, 11) is 0. The van der Waals surface area contributed by atoms with Crippen LogP contribution in [0.4, 0.5) is 0 Å². The smallest absolute Gasteiger partial charge is 0.356 e. The zero-order valence-corrected chi connectivity index (χ0v) is 15.2. The van der Waals surface area contributed by atoms with Crippen molar-refractivity contribution in [1.29, 1.82) is 0 Å². The average Bonchev–Trinajstić information content (AvgIpc) is 3.24. The number of aryl methyl sites for hydroxylation is 1. The Hall–Kier alpha value is -1.57. The SMILES string of the molecule is Cc1ccccc1-[n+]1c(C2CCCCC2)oc(C2CCCC2)c1C. The van der Waals surface area contributed by atoms with Gasteiger partial charge in [-0.2, -0.15) is 0 Å². The van der Waals surface area contributed by atoms with Crippen molar-refractivity contribution >= 4 is 0 Å². The number of hydrogen-bond donors (Lipinski definition) is 0. The Kier molecular flexibility index (Phi) is 4.47. The van der Waals surface area contributed by atoms with E-state index in [1.165, 1.54) is 86.4 Å². The summed E-state index contributed by atoms with van der Waals surface area (Å²) in [6, 6.07) is 8.76. The predicted octanol–water partition coefficient (Wildman–Crippen LogP) is 5.88. The lowest BCUT2D eigenvalue weighted by Gasteiger charge is -2.17. The van der Waals surface area contributed by atoms with E-state index in [0.29, 0.717) is 11.8 Å². The van der Waals surface area contributed by atoms with E-state index < -0.39 is 0 Å². The van der Waals surface area contributed by atoms with Crippen LogP contribution >= 0.6 is 0 Å². The second-order valence-corrected chi connectivity index (χ2v) is 7.83. The maximum absolute atomic E-state index is 6.64. The molecule has 2 saturated carbocycles. The van der Waals surface area contributed by atoms with Crippen LogP contribution in [0.2, 0.25) is 0 Å². The molecule has 2 aromatic rings. The van der Waals surface area contributed by atoms with Gasteiger partial charge in [-0.3, -0.25) is 0 Å². The van der Waals surface area contributed by atoms with Crippen LogP contribution < -0.4 is 4.57 Å². The number of nitrogens with zero attached hydrogens (tertiary/aromatic N) is 1. The first-order chi connectivity index (χ1) is 11.8. The molecule has 1 aromatic heterocycles. The molecule has 1 aromatic carbocycles. The Labute approximate surface area is 145 Å². The van der Waals surface area contributed by atoms with Gasteiger partial charge in [0.2, 0.25) is 11.4 Å². The highest BCUT2D eigenvalue weighted by atomic mass is 16.4. The van der Waals surface area contributed by atoms with Crippen LogP contribution in [0.5, 0.6) is 0 Å². The molecule has 0 spiro atoms. The summed E-state index contributed by atoms with van der Waals surface area (Å²) in [5, 5.41) is 0. The summed E-state index contributed by atoms with van der Waals surface area (Å²) >= 11 is 0. The third-order valence-electron chi connectivity index (χ3n) is 6.16. The molecule has 0 unspecified atom stereocenters. The molecule has 2 heteroatoms. The fraction of sp³-hybridized carbons (Fsp3) is 0.591. The zero-order chi connectivity index (χ0) is 16.5. The number of benzene rings is 1. The van der Waals surface area contributed by atoms with Crippen LogP contribution in [0, 0.1) is 13.8 Å². The molecular weight excluding hydrogens is 294 g/mol. The lowest BCUT2D eigenvalue weighted by molar-refractivity contribution is -0.617. The minimum Gasteiger partial charge on any atom is -0.405 e. The summed E-state index contributed by atoms with van der Waals surface area (Å²) in [5.74, 6) is 3.73. The zero-order valence-electron chi connectivity index (χ0n) is 15.2. The molecule has 4 rings (SSSR count). The fourth-order valence-corrected chi connectivity index (χ4v) is 4.80. The highest BCUT2D eigenvalue weighted by Crippen LogP contribution is 2.39. The summed E-state index contributed by atoms with van der Waals surface area (Å²) in [6.45, 7) is 4.49. The van der Waals surface area contributed by atoms with Gasteiger partial charge in [0, 0.05) is 24.5 Å². The van der Waals surface area contributed by atoms with Crippen molar-refractivity contribution in [3.63, 3.8) is 0 Å². The molecule has 2 aliphatic rings. The van der Waals surface area contributed by atoms with Gasteiger partial charge >= 0.3 is 5.89 Å². The highest BCUT2D eigenvalue weighted by Gasteiger charge is 2.37. The Morgan fingerprint density at radius 3 is 2.17 bits per heavy atom. The van der Waals surface area contributed by atoms with Crippen LogP contribution in [0.15, 0.2) is 28.7 Å². The van der Waals surface area contributed by atoms with Gasteiger partial charge in [0.25, 0.3) is 0 Å². The quantitative estimate of drug-likeness (QED) is 0.644. The lowest BCUT2D eigenvalue weighted by atomic mass is 9.89. The second kappa shape index (κ2) is 6.74. The molecular formula is C22H30NO+. The monoisotopic (exact) mass is 324 g/mol. The van der Waals surface area contributed by atoms with Crippen LogP contribution in [-0.2, 0) is 0 Å². The molecule has 24 heavy (non-hydrogen) atoms. The predicted molar refractivity (Wildman–Crippen MR) is 96.7 cm³/mol. The molecule has 1 heterocycles. The van der Waals surface area contributed by atoms with Crippen LogP contribution in [0.3, 0.4) is 0 Å². The van der Waals surface area contributed by atoms with Crippen molar-refractivity contribution in [2.75, 3.05) is 0 Å². The molecule has 128 valence electrons. The number of oxazole rings is 1. The summed E-state index contributed by atoms with van der Waals surface area (Å²) < 4.78 is 9.10. The topological polar surface area (TPSA) is 17.0 Å². The van der Waals surface area contributed by atoms with Gasteiger partial charge in [-0.1, -0.05) is 50.3 Å². The van der Waals surface area contributed by atoms with Crippen LogP contribution in [0.1, 0.15) is 92.5 Å². The van der Waals surface area contributed by atoms with Gasteiger partial charge in [-0.15, -0.1) is 4.57 Å². The Balaban J connectivity index is 1.84. The van der Waals surface area contributed by atoms with Gasteiger partial charge in [0.1, 0.15) is 0 Å². The van der Waals surface area contributed by atoms with Crippen molar-refractivity contribution < 1.29 is 8.98 Å². The van der Waals surface area contributed by atoms with Crippen LogP contribution in [-0.4, -0.2) is 0 Å². The lowest BCUT2D eigenvalue weighted by Crippen LogP contribution is -2.38. The Morgan fingerprint density at radius 1 is 0.833 bits per heavy atom. The first-order valence-electron chi connectivity index (χ1n) is 9.87. The normalized spacial score (nSPS) is 19.9. The van der Waals surface area contributed by atoms with Crippen LogP contribution in [0.25, 0.3) is 5.69 Å². The second-order valence-electron chi connectivity index (χ2n) is 7.83. The third-order valence-corrected chi connectivity index (χ3v) is 6.16. The van der Waals surface area contributed by atoms with Crippen molar-refractivity contribution in [3.05, 3.63) is 47.2 Å². The molecule has 0 atom stereocenters. The third kappa shape index (κ3) is 2.81. The number of aromatic nitrogens is 1. The minimum atomic E-state index is 0.590. The van der Waals surface area contributed by atoms with Crippen molar-refractivity contribution in [3.8, 4) is 5.69 Å². The first-order valence-corrected chi connectivity index (χ1v) is 9.87. The van der Waals surface area contributed by atoms with Gasteiger partial charge in [0.15, 0.2) is 5.76 Å². The van der Waals surface area contributed by atoms with E-state index in [1.54, 1.807) is 0 Å². The number of rotatable bonds is 3. The van der Waals surface area contributed by atoms with Gasteiger partial charge in [0.05, 0.1) is 5.92 Å². The molecule has 2 nitrogen and oxygen atoms in total. The number of hydrogen-bond acceptors (Lipinski definition) is 1. The Morgan fingerprint density at radius 2 is 1.46 bits per heavy atom. The average molecular weight is 324 g/mol. The van der Waals surface area contributed by atoms with Crippen molar-refractivity contribution in [1.82, 2.24) is 0 Å². The molecule has 0 amide bonds. The van der Waals surface area contributed by atoms with E-state index in [1.807, 2.05) is 0 Å². The fourth-order valence-electron chi connectivity index (χ4n) is 4.80. The minimum absolute atomic E-state index is 0.590. The van der Waals surface area contributed by atoms with E-state index >= 15 is 0 Å². The molecule has 0 saturated heterocycles. The largest absolute Gasteiger partial charge is 0.405 e. The van der Waals surface area contributed by atoms with Crippen molar-refractivity contribution in [2.24, 2.45) is 0 Å². The molecule has 0 radical (unpaired) electrons. The Bertz CT molecular complexity index is 703. The highest BCUT2D eigenvalue weighted by molar-refractivity contribution is 5.33. The van der Waals surface area contributed by atoms with Gasteiger partial charge < -0.3 is 4.42 Å². The molecule has 2 fully saturated rings. The van der Waals surface area contributed by atoms with Gasteiger partial charge in [-0.25, -0.2) is 0 Å². The maximum Gasteiger partial charge on any atom is 0.356 e. The molecule has 0 N–H and O–H groups in total. The standard InChI is InChI=1S/C22H30NO/c1-16-10-6-9-15-20(16)23-17(2)21(18-11-7-8-12-18)24-22(23)19-13-4-3-5-14-19/h6,9-10,15,18-19H,3-5,7-8,11-14H2,1-2H3/q+1. The number of para-hydroxylation sites is 1. The molecule has 0 bridgehead atoms.